The SMILES string of the molecule is C[C@]12C[C@H](F)C(=O)C=C1CC[C@@H]1C2=CC[C@]2(C)[C@H]1CC[C@]2(C)O. The predicted molar refractivity (Wildman–Crippen MR) is 87.6 cm³/mol. The van der Waals surface area contributed by atoms with E-state index >= 15 is 0 Å². The molecule has 2 fully saturated rings. The fraction of sp³-hybridized carbons (Fsp3) is 0.750. The summed E-state index contributed by atoms with van der Waals surface area (Å²) in [6.45, 7) is 6.35. The maximum Gasteiger partial charge on any atom is 0.189 e. The number of carbonyl (C=O) groups is 1. The molecule has 3 heteroatoms. The summed E-state index contributed by atoms with van der Waals surface area (Å²) in [4.78, 5) is 11.8. The average Bonchev–Trinajstić information content (AvgIpc) is 2.71. The topological polar surface area (TPSA) is 37.3 Å². The van der Waals surface area contributed by atoms with Crippen LogP contribution in [0.3, 0.4) is 0 Å². The Balaban J connectivity index is 1.78. The Hall–Kier alpha value is -0.960. The highest BCUT2D eigenvalue weighted by atomic mass is 19.1. The van der Waals surface area contributed by atoms with Crippen molar-refractivity contribution in [2.24, 2.45) is 22.7 Å². The summed E-state index contributed by atoms with van der Waals surface area (Å²) < 4.78 is 14.2. The van der Waals surface area contributed by atoms with Crippen LogP contribution in [-0.2, 0) is 4.79 Å². The van der Waals surface area contributed by atoms with E-state index in [0.717, 1.165) is 37.7 Å². The van der Waals surface area contributed by atoms with Gasteiger partial charge in [0.1, 0.15) is 0 Å². The fourth-order valence-corrected chi connectivity index (χ4v) is 6.11. The first-order chi connectivity index (χ1) is 10.7. The number of rotatable bonds is 0. The summed E-state index contributed by atoms with van der Waals surface area (Å²) in [6.07, 6.45) is 7.53. The lowest BCUT2D eigenvalue weighted by atomic mass is 9.51. The second-order valence-corrected chi connectivity index (χ2v) is 8.92. The van der Waals surface area contributed by atoms with Crippen LogP contribution in [0.25, 0.3) is 0 Å². The Morgan fingerprint density at radius 3 is 2.74 bits per heavy atom. The van der Waals surface area contributed by atoms with Gasteiger partial charge in [-0.1, -0.05) is 31.1 Å². The van der Waals surface area contributed by atoms with Gasteiger partial charge in [-0.25, -0.2) is 4.39 Å². The molecule has 6 atom stereocenters. The zero-order valence-electron chi connectivity index (χ0n) is 14.4. The van der Waals surface area contributed by atoms with Crippen molar-refractivity contribution in [3.05, 3.63) is 23.3 Å². The second kappa shape index (κ2) is 4.56. The predicted octanol–water partition coefficient (Wildman–Crippen LogP) is 4.14. The molecule has 2 nitrogen and oxygen atoms in total. The van der Waals surface area contributed by atoms with Crippen LogP contribution in [-0.4, -0.2) is 22.7 Å². The van der Waals surface area contributed by atoms with E-state index in [-0.39, 0.29) is 16.6 Å². The molecule has 4 aliphatic carbocycles. The van der Waals surface area contributed by atoms with E-state index in [9.17, 15) is 14.3 Å². The summed E-state index contributed by atoms with van der Waals surface area (Å²) in [5.41, 5.74) is 1.52. The Labute approximate surface area is 137 Å². The summed E-state index contributed by atoms with van der Waals surface area (Å²) in [6, 6.07) is 0. The molecule has 0 aliphatic heterocycles. The summed E-state index contributed by atoms with van der Waals surface area (Å²) in [5, 5.41) is 10.9. The fourth-order valence-electron chi connectivity index (χ4n) is 6.11. The lowest BCUT2D eigenvalue weighted by Gasteiger charge is -2.54. The highest BCUT2D eigenvalue weighted by molar-refractivity contribution is 5.95. The van der Waals surface area contributed by atoms with Crippen molar-refractivity contribution in [1.29, 1.82) is 0 Å². The number of allylic oxidation sites excluding steroid dienone is 4. The number of fused-ring (bicyclic) bond motifs is 5. The van der Waals surface area contributed by atoms with E-state index in [2.05, 4.69) is 19.9 Å². The van der Waals surface area contributed by atoms with Crippen molar-refractivity contribution in [3.8, 4) is 0 Å². The Bertz CT molecular complexity index is 632. The van der Waals surface area contributed by atoms with Gasteiger partial charge >= 0.3 is 0 Å². The molecule has 0 unspecified atom stereocenters. The van der Waals surface area contributed by atoms with Crippen LogP contribution in [0.4, 0.5) is 4.39 Å². The molecule has 0 radical (unpaired) electrons. The van der Waals surface area contributed by atoms with Crippen LogP contribution in [0, 0.1) is 22.7 Å². The van der Waals surface area contributed by atoms with Gasteiger partial charge in [0.2, 0.25) is 0 Å². The third-order valence-corrected chi connectivity index (χ3v) is 7.91. The van der Waals surface area contributed by atoms with E-state index in [0.29, 0.717) is 18.3 Å². The normalized spacial score (nSPS) is 52.2. The van der Waals surface area contributed by atoms with Gasteiger partial charge in [0.15, 0.2) is 12.0 Å². The monoisotopic (exact) mass is 318 g/mol. The number of ketones is 1. The van der Waals surface area contributed by atoms with Crippen molar-refractivity contribution < 1.29 is 14.3 Å². The van der Waals surface area contributed by atoms with Gasteiger partial charge in [0.05, 0.1) is 5.60 Å². The van der Waals surface area contributed by atoms with Gasteiger partial charge in [-0.3, -0.25) is 4.79 Å². The quantitative estimate of drug-likeness (QED) is 0.682. The van der Waals surface area contributed by atoms with Crippen LogP contribution in [0.1, 0.15) is 59.3 Å². The van der Waals surface area contributed by atoms with E-state index in [1.54, 1.807) is 6.08 Å². The Morgan fingerprint density at radius 1 is 1.26 bits per heavy atom. The van der Waals surface area contributed by atoms with Crippen LogP contribution in [0.5, 0.6) is 0 Å². The van der Waals surface area contributed by atoms with Crippen molar-refractivity contribution in [3.63, 3.8) is 0 Å². The molecule has 4 aliphatic rings. The minimum absolute atomic E-state index is 0.0711. The maximum atomic E-state index is 14.2. The van der Waals surface area contributed by atoms with Gasteiger partial charge in [-0.15, -0.1) is 0 Å². The van der Waals surface area contributed by atoms with E-state index < -0.39 is 11.8 Å². The minimum atomic E-state index is -1.36. The molecule has 0 heterocycles. The van der Waals surface area contributed by atoms with E-state index in [4.69, 9.17) is 0 Å². The summed E-state index contributed by atoms with van der Waals surface area (Å²) in [7, 11) is 0. The van der Waals surface area contributed by atoms with Gasteiger partial charge in [0, 0.05) is 10.8 Å². The Kier molecular flexibility index (Phi) is 3.09. The number of alkyl halides is 1. The molecule has 0 amide bonds. The van der Waals surface area contributed by atoms with Crippen molar-refractivity contribution in [1.82, 2.24) is 0 Å². The molecule has 0 aromatic rings. The van der Waals surface area contributed by atoms with Gasteiger partial charge < -0.3 is 5.11 Å². The number of hydrogen-bond acceptors (Lipinski definition) is 2. The molecule has 2 saturated carbocycles. The maximum absolute atomic E-state index is 14.2. The minimum Gasteiger partial charge on any atom is -0.390 e. The molecule has 0 bridgehead atoms. The van der Waals surface area contributed by atoms with Crippen LogP contribution in [0.15, 0.2) is 23.3 Å². The Morgan fingerprint density at radius 2 is 2.00 bits per heavy atom. The first-order valence-electron chi connectivity index (χ1n) is 9.01. The van der Waals surface area contributed by atoms with Gasteiger partial charge in [-0.05, 0) is 63.4 Å². The van der Waals surface area contributed by atoms with Crippen LogP contribution in [0.2, 0.25) is 0 Å². The molecule has 0 aromatic heterocycles. The largest absolute Gasteiger partial charge is 0.390 e. The molecule has 0 aromatic carbocycles. The molecule has 0 saturated heterocycles. The smallest absolute Gasteiger partial charge is 0.189 e. The van der Waals surface area contributed by atoms with Crippen molar-refractivity contribution >= 4 is 5.78 Å². The molecular weight excluding hydrogens is 291 g/mol. The zero-order valence-corrected chi connectivity index (χ0v) is 14.4. The van der Waals surface area contributed by atoms with Crippen LogP contribution >= 0.6 is 0 Å². The van der Waals surface area contributed by atoms with Gasteiger partial charge in [0.25, 0.3) is 0 Å². The zero-order chi connectivity index (χ0) is 16.6. The number of aliphatic hydroxyl groups is 1. The lowest BCUT2D eigenvalue weighted by Crippen LogP contribution is -2.50. The molecule has 1 N–H and O–H groups in total. The first-order valence-corrected chi connectivity index (χ1v) is 9.01. The van der Waals surface area contributed by atoms with E-state index in [1.165, 1.54) is 5.57 Å². The summed E-state index contributed by atoms with van der Waals surface area (Å²) >= 11 is 0. The number of halogens is 1. The van der Waals surface area contributed by atoms with Gasteiger partial charge in [-0.2, -0.15) is 0 Å². The van der Waals surface area contributed by atoms with Crippen molar-refractivity contribution in [2.75, 3.05) is 0 Å². The van der Waals surface area contributed by atoms with E-state index in [1.807, 2.05) is 6.92 Å². The standard InChI is InChI=1S/C20H27FO2/c1-18-11-16(21)17(22)10-12(18)4-5-13-14(18)6-8-19(2)15(13)7-9-20(19,3)23/h6,10,13,15-16,23H,4-5,7-9,11H2,1-3H3/t13-,15+,16+,18+,19-,20+/m1/s1. The number of carbonyl (C=O) groups excluding carboxylic acids is 1. The number of hydrogen-bond donors (Lipinski definition) is 1. The molecule has 23 heavy (non-hydrogen) atoms. The third-order valence-electron chi connectivity index (χ3n) is 7.91. The summed E-state index contributed by atoms with van der Waals surface area (Å²) in [5.74, 6) is 0.567. The van der Waals surface area contributed by atoms with Crippen molar-refractivity contribution in [2.45, 2.75) is 71.1 Å². The lowest BCUT2D eigenvalue weighted by molar-refractivity contribution is -0.121. The molecule has 0 spiro atoms. The first kappa shape index (κ1) is 15.6. The second-order valence-electron chi connectivity index (χ2n) is 8.92. The third kappa shape index (κ3) is 1.86. The highest BCUT2D eigenvalue weighted by Crippen LogP contribution is 2.65. The molecule has 4 rings (SSSR count). The molecular formula is C20H27FO2. The molecule has 126 valence electrons. The van der Waals surface area contributed by atoms with Crippen LogP contribution < -0.4 is 0 Å². The average molecular weight is 318 g/mol. The highest BCUT2D eigenvalue weighted by Gasteiger charge is 2.60.